The molecule has 2 aliphatic carbocycles. The van der Waals surface area contributed by atoms with Crippen molar-refractivity contribution in [3.63, 3.8) is 0 Å². The maximum atomic E-state index is 13.6. The molecule has 63 heavy (non-hydrogen) atoms. The number of nitrogens with one attached hydrogen (secondary N) is 2. The number of hydrogen-bond acceptors (Lipinski definition) is 6. The first kappa shape index (κ1) is 51.8. The Morgan fingerprint density at radius 1 is 0.571 bits per heavy atom. The van der Waals surface area contributed by atoms with E-state index in [1.54, 1.807) is 0 Å². The number of carbonyl (C=O) groups excluding carboxylic acids is 4. The largest absolute Gasteiger partial charge is 0.412 e. The highest BCUT2D eigenvalue weighted by atomic mass is 35.5. The van der Waals surface area contributed by atoms with Crippen LogP contribution in [0.15, 0.2) is 72.8 Å². The van der Waals surface area contributed by atoms with Crippen molar-refractivity contribution < 1.29 is 24.7 Å². The first-order valence-corrected chi connectivity index (χ1v) is 22.8. The summed E-state index contributed by atoms with van der Waals surface area (Å²) in [6.45, 7) is 9.68. The number of unbranched alkanes of at least 4 members (excludes halogenated alkanes) is 2. The maximum Gasteiger partial charge on any atom is 0.224 e. The lowest BCUT2D eigenvalue weighted by Gasteiger charge is -2.32. The summed E-state index contributed by atoms with van der Waals surface area (Å²) in [4.78, 5) is 55.7. The number of benzene rings is 4. The number of amides is 2. The van der Waals surface area contributed by atoms with Crippen LogP contribution in [0.4, 0.5) is 11.4 Å². The predicted octanol–water partition coefficient (Wildman–Crippen LogP) is 10.6. The minimum Gasteiger partial charge on any atom is -0.412 e. The molecule has 2 heterocycles. The van der Waals surface area contributed by atoms with Gasteiger partial charge >= 0.3 is 0 Å². The van der Waals surface area contributed by atoms with Gasteiger partial charge in [-0.2, -0.15) is 0 Å². The number of hydrogen-bond donors (Lipinski definition) is 2. The number of rotatable bonds is 14. The zero-order valence-corrected chi connectivity index (χ0v) is 39.6. The second-order valence-corrected chi connectivity index (χ2v) is 17.8. The lowest BCUT2D eigenvalue weighted by Crippen LogP contribution is -2.37. The molecule has 340 valence electrons. The summed E-state index contributed by atoms with van der Waals surface area (Å²) in [6, 6.07) is 24.7. The number of nitrogens with zero attached hydrogens (tertiary/aromatic N) is 2. The van der Waals surface area contributed by atoms with Crippen molar-refractivity contribution in [3.8, 4) is 0 Å². The number of aryl methyl sites for hydroxylation is 2. The molecule has 2 amide bonds. The van der Waals surface area contributed by atoms with Crippen molar-refractivity contribution >= 4 is 82.8 Å². The van der Waals surface area contributed by atoms with Crippen molar-refractivity contribution in [2.24, 2.45) is 11.8 Å². The Kier molecular flexibility index (Phi) is 20.1. The SMILES string of the molecule is CCCCN(Cc1ccccc1)CC1CCc2cc(Cl)c3c(c2C1=O)CCC(=O)N3.CCCCN(Cc1ccccc1)CC1CCc2cc(Cl)c3c(c2C1=O)CCC(=O)N3.Cl.Cl.O. The van der Waals surface area contributed by atoms with Crippen molar-refractivity contribution in [3.05, 3.63) is 127 Å². The molecule has 4 aromatic carbocycles. The summed E-state index contributed by atoms with van der Waals surface area (Å²) in [5, 5.41) is 6.87. The molecular formula is C50H62Cl4N4O5. The highest BCUT2D eigenvalue weighted by Gasteiger charge is 2.36. The quantitative estimate of drug-likeness (QED) is 0.129. The third kappa shape index (κ3) is 12.7. The van der Waals surface area contributed by atoms with Gasteiger partial charge in [-0.05, 0) is 110 Å². The molecule has 4 aliphatic rings. The lowest BCUT2D eigenvalue weighted by atomic mass is 9.78. The highest BCUT2D eigenvalue weighted by molar-refractivity contribution is 6.35. The van der Waals surface area contributed by atoms with Crippen LogP contribution in [0.5, 0.6) is 0 Å². The zero-order chi connectivity index (χ0) is 42.2. The van der Waals surface area contributed by atoms with Gasteiger partial charge in [0.2, 0.25) is 11.8 Å². The van der Waals surface area contributed by atoms with Crippen LogP contribution < -0.4 is 10.6 Å². The molecule has 9 nitrogen and oxygen atoms in total. The van der Waals surface area contributed by atoms with Gasteiger partial charge in [0.1, 0.15) is 0 Å². The lowest BCUT2D eigenvalue weighted by molar-refractivity contribution is -0.117. The Balaban J connectivity index is 0.000000264. The molecule has 0 saturated heterocycles. The molecule has 4 N–H and O–H groups in total. The molecular weight excluding hydrogens is 878 g/mol. The topological polar surface area (TPSA) is 130 Å². The van der Waals surface area contributed by atoms with Crippen LogP contribution in [0.3, 0.4) is 0 Å². The molecule has 0 spiro atoms. The van der Waals surface area contributed by atoms with Crippen molar-refractivity contribution in [1.29, 1.82) is 0 Å². The molecule has 0 aromatic heterocycles. The van der Waals surface area contributed by atoms with E-state index in [9.17, 15) is 19.2 Å². The fourth-order valence-electron chi connectivity index (χ4n) is 9.40. The van der Waals surface area contributed by atoms with E-state index in [2.05, 4.69) is 82.8 Å². The van der Waals surface area contributed by atoms with Crippen LogP contribution in [-0.4, -0.2) is 64.8 Å². The second-order valence-electron chi connectivity index (χ2n) is 16.9. The summed E-state index contributed by atoms with van der Waals surface area (Å²) < 4.78 is 0. The Hall–Kier alpha value is -3.80. The minimum absolute atomic E-state index is 0. The maximum absolute atomic E-state index is 13.6. The third-order valence-electron chi connectivity index (χ3n) is 12.5. The summed E-state index contributed by atoms with van der Waals surface area (Å²) in [7, 11) is 0. The number of ketones is 2. The molecule has 13 heteroatoms. The van der Waals surface area contributed by atoms with Crippen molar-refractivity contribution in [1.82, 2.24) is 9.80 Å². The number of Topliss-reactive ketones (excluding diaryl/α,β-unsaturated/α-hetero) is 2. The summed E-state index contributed by atoms with van der Waals surface area (Å²) in [6.07, 6.45) is 9.95. The number of fused-ring (bicyclic) bond motifs is 6. The molecule has 8 rings (SSSR count). The average Bonchev–Trinajstić information content (AvgIpc) is 3.25. The monoisotopic (exact) mass is 938 g/mol. The fraction of sp³-hybridized carbons (Fsp3) is 0.440. The van der Waals surface area contributed by atoms with Crippen LogP contribution in [0, 0.1) is 11.8 Å². The van der Waals surface area contributed by atoms with E-state index in [-0.39, 0.29) is 65.5 Å². The predicted molar refractivity (Wildman–Crippen MR) is 260 cm³/mol. The Labute approximate surface area is 395 Å². The van der Waals surface area contributed by atoms with Gasteiger partial charge in [-0.3, -0.25) is 29.0 Å². The molecule has 0 saturated carbocycles. The van der Waals surface area contributed by atoms with Crippen LogP contribution in [0.25, 0.3) is 0 Å². The van der Waals surface area contributed by atoms with Gasteiger partial charge in [-0.1, -0.05) is 111 Å². The van der Waals surface area contributed by atoms with E-state index in [1.807, 2.05) is 24.3 Å². The zero-order valence-electron chi connectivity index (χ0n) is 36.4. The van der Waals surface area contributed by atoms with Gasteiger partial charge in [-0.15, -0.1) is 24.8 Å². The summed E-state index contributed by atoms with van der Waals surface area (Å²) in [5.74, 6) is 0.349. The fourth-order valence-corrected chi connectivity index (χ4v) is 9.98. The normalized spacial score (nSPS) is 17.3. The van der Waals surface area contributed by atoms with Gasteiger partial charge in [0.15, 0.2) is 11.6 Å². The smallest absolute Gasteiger partial charge is 0.224 e. The van der Waals surface area contributed by atoms with Gasteiger partial charge in [0.25, 0.3) is 0 Å². The Morgan fingerprint density at radius 2 is 0.952 bits per heavy atom. The van der Waals surface area contributed by atoms with E-state index in [1.165, 1.54) is 11.1 Å². The summed E-state index contributed by atoms with van der Waals surface area (Å²) in [5.41, 5.74) is 9.46. The minimum atomic E-state index is -0.0299. The standard InChI is InChI=1S/2C25H29ClN2O2.2ClH.H2O/c2*1-2-3-13-28(15-17-7-5-4-6-8-17)16-19-10-9-18-14-21(26)24-20(23(18)25(19)30)11-12-22(29)27-24;;;/h2*4-8,14,19H,2-3,9-13,15-16H2,1H3,(H,27,29);2*1H;1H2. The molecule has 0 radical (unpaired) electrons. The van der Waals surface area contributed by atoms with Gasteiger partial charge < -0.3 is 16.1 Å². The molecule has 0 fully saturated rings. The molecule has 4 aromatic rings. The first-order chi connectivity index (χ1) is 29.1. The molecule has 0 bridgehead atoms. The second kappa shape index (κ2) is 24.5. The van der Waals surface area contributed by atoms with E-state index in [4.69, 9.17) is 23.2 Å². The van der Waals surface area contributed by atoms with Crippen LogP contribution in [-0.2, 0) is 48.4 Å². The van der Waals surface area contributed by atoms with Crippen LogP contribution in [0.1, 0.15) is 119 Å². The van der Waals surface area contributed by atoms with E-state index >= 15 is 0 Å². The van der Waals surface area contributed by atoms with E-state index in [0.717, 1.165) is 124 Å². The Bertz CT molecular complexity index is 2050. The number of carbonyl (C=O) groups is 4. The Morgan fingerprint density at radius 3 is 1.32 bits per heavy atom. The van der Waals surface area contributed by atoms with Crippen molar-refractivity contribution in [2.45, 2.75) is 104 Å². The van der Waals surface area contributed by atoms with Gasteiger partial charge in [-0.25, -0.2) is 0 Å². The third-order valence-corrected chi connectivity index (χ3v) is 13.1. The summed E-state index contributed by atoms with van der Waals surface area (Å²) >= 11 is 12.9. The molecule has 2 unspecified atom stereocenters. The molecule has 2 aliphatic heterocycles. The number of anilines is 2. The van der Waals surface area contributed by atoms with Crippen LogP contribution >= 0.6 is 48.0 Å². The van der Waals surface area contributed by atoms with Crippen molar-refractivity contribution in [2.75, 3.05) is 36.8 Å². The van der Waals surface area contributed by atoms with E-state index < -0.39 is 0 Å². The van der Waals surface area contributed by atoms with Crippen LogP contribution in [0.2, 0.25) is 10.0 Å². The average molecular weight is 941 g/mol. The van der Waals surface area contributed by atoms with E-state index in [0.29, 0.717) is 47.1 Å². The van der Waals surface area contributed by atoms with Gasteiger partial charge in [0, 0.05) is 62.0 Å². The first-order valence-electron chi connectivity index (χ1n) is 22.0. The molecule has 2 atom stereocenters. The van der Waals surface area contributed by atoms with Gasteiger partial charge in [0.05, 0.1) is 21.4 Å². The number of halogens is 4. The highest BCUT2D eigenvalue weighted by Crippen LogP contribution is 2.41.